The van der Waals surface area contributed by atoms with Gasteiger partial charge >= 0.3 is 0 Å². The predicted molar refractivity (Wildman–Crippen MR) is 101 cm³/mol. The summed E-state index contributed by atoms with van der Waals surface area (Å²) < 4.78 is 10.5. The molecule has 0 bridgehead atoms. The summed E-state index contributed by atoms with van der Waals surface area (Å²) in [7, 11) is 1.53. The number of hydrogen-bond acceptors (Lipinski definition) is 5. The Hall–Kier alpha value is -2.28. The first-order chi connectivity index (χ1) is 13.0. The van der Waals surface area contributed by atoms with Crippen LogP contribution in [0.2, 0.25) is 0 Å². The van der Waals surface area contributed by atoms with Crippen molar-refractivity contribution in [3.05, 3.63) is 35.6 Å². The number of likely N-dealkylation sites (tertiary alicyclic amines) is 1. The second-order valence-corrected chi connectivity index (χ2v) is 7.97. The summed E-state index contributed by atoms with van der Waals surface area (Å²) in [6.45, 7) is 8.01. The highest BCUT2D eigenvalue weighted by Crippen LogP contribution is 2.42. The van der Waals surface area contributed by atoms with Crippen molar-refractivity contribution >= 4 is 5.91 Å². The van der Waals surface area contributed by atoms with Crippen molar-refractivity contribution in [3.63, 3.8) is 0 Å². The van der Waals surface area contributed by atoms with E-state index in [-0.39, 0.29) is 11.4 Å². The van der Waals surface area contributed by atoms with Crippen LogP contribution in [-0.4, -0.2) is 59.0 Å². The van der Waals surface area contributed by atoms with Crippen molar-refractivity contribution in [1.29, 1.82) is 0 Å². The van der Waals surface area contributed by atoms with E-state index in [1.165, 1.54) is 18.5 Å². The number of piperidine rings is 1. The van der Waals surface area contributed by atoms with E-state index in [0.29, 0.717) is 30.7 Å². The lowest BCUT2D eigenvalue weighted by Gasteiger charge is -2.51. The highest BCUT2D eigenvalue weighted by molar-refractivity contribution is 5.91. The van der Waals surface area contributed by atoms with Crippen LogP contribution in [0.5, 0.6) is 5.95 Å². The lowest BCUT2D eigenvalue weighted by atomic mass is 9.78. The van der Waals surface area contributed by atoms with Crippen LogP contribution in [0.15, 0.2) is 22.9 Å². The quantitative estimate of drug-likeness (QED) is 0.893. The molecule has 2 aliphatic rings. The van der Waals surface area contributed by atoms with E-state index in [9.17, 15) is 4.79 Å². The van der Waals surface area contributed by atoms with E-state index in [4.69, 9.17) is 14.1 Å². The van der Waals surface area contributed by atoms with Gasteiger partial charge in [-0.3, -0.25) is 9.69 Å². The lowest BCUT2D eigenvalue weighted by molar-refractivity contribution is -0.000302. The Morgan fingerprint density at radius 3 is 2.78 bits per heavy atom. The molecule has 1 saturated heterocycles. The Bertz CT molecular complexity index is 802. The summed E-state index contributed by atoms with van der Waals surface area (Å²) in [5.41, 5.74) is 2.36. The van der Waals surface area contributed by atoms with E-state index >= 15 is 0 Å². The number of amides is 1. The molecule has 4 rings (SSSR count). The zero-order valence-corrected chi connectivity index (χ0v) is 16.3. The molecule has 1 N–H and O–H groups in total. The summed E-state index contributed by atoms with van der Waals surface area (Å²) in [6.07, 6.45) is 4.61. The normalized spacial score (nSPS) is 19.5. The highest BCUT2D eigenvalue weighted by Gasteiger charge is 2.47. The first kappa shape index (κ1) is 18.1. The second-order valence-electron chi connectivity index (χ2n) is 7.97. The first-order valence-corrected chi connectivity index (χ1v) is 9.74. The van der Waals surface area contributed by atoms with E-state index in [0.717, 1.165) is 32.4 Å². The summed E-state index contributed by atoms with van der Waals surface area (Å²) in [6, 6.07) is 3.36. The molecule has 2 aromatic rings. The summed E-state index contributed by atoms with van der Waals surface area (Å²) in [5, 5.41) is 0. The number of methoxy groups -OCH3 is 1. The molecule has 1 amide bonds. The van der Waals surface area contributed by atoms with Gasteiger partial charge in [-0.25, -0.2) is 4.98 Å². The van der Waals surface area contributed by atoms with Crippen molar-refractivity contribution < 1.29 is 13.9 Å². The third-order valence-corrected chi connectivity index (χ3v) is 5.85. The van der Waals surface area contributed by atoms with Crippen LogP contribution in [0, 0.1) is 5.92 Å². The van der Waals surface area contributed by atoms with Crippen LogP contribution in [0.25, 0.3) is 0 Å². The number of furan rings is 1. The van der Waals surface area contributed by atoms with Crippen LogP contribution in [0.4, 0.5) is 0 Å². The van der Waals surface area contributed by atoms with Crippen molar-refractivity contribution in [2.75, 3.05) is 33.3 Å². The smallest absolute Gasteiger partial charge is 0.289 e. The van der Waals surface area contributed by atoms with Crippen LogP contribution in [0.1, 0.15) is 48.6 Å². The highest BCUT2D eigenvalue weighted by atomic mass is 16.6. The van der Waals surface area contributed by atoms with Gasteiger partial charge in [0.05, 0.1) is 24.7 Å². The molecule has 7 nitrogen and oxygen atoms in total. The van der Waals surface area contributed by atoms with Crippen molar-refractivity contribution in [2.24, 2.45) is 5.92 Å². The van der Waals surface area contributed by atoms with Crippen LogP contribution in [-0.2, 0) is 12.0 Å². The number of nitrogens with one attached hydrogen (secondary N) is 1. The fourth-order valence-electron chi connectivity index (χ4n) is 4.56. The number of H-pyrrole nitrogens is 1. The molecule has 0 saturated carbocycles. The van der Waals surface area contributed by atoms with Gasteiger partial charge in [-0.1, -0.05) is 13.8 Å². The Morgan fingerprint density at radius 1 is 1.33 bits per heavy atom. The molecule has 27 heavy (non-hydrogen) atoms. The number of ether oxygens (including phenoxy) is 1. The second kappa shape index (κ2) is 7.03. The molecule has 0 atom stereocenters. The van der Waals surface area contributed by atoms with Crippen molar-refractivity contribution in [1.82, 2.24) is 19.8 Å². The number of hydrogen-bond donors (Lipinski definition) is 1. The average Bonchev–Trinajstić information content (AvgIpc) is 3.33. The van der Waals surface area contributed by atoms with Crippen molar-refractivity contribution in [2.45, 2.75) is 38.6 Å². The van der Waals surface area contributed by atoms with E-state index in [1.807, 2.05) is 11.2 Å². The Labute approximate surface area is 159 Å². The van der Waals surface area contributed by atoms with E-state index < -0.39 is 0 Å². The SMILES string of the molecule is COc1ccc(C(=O)N2CCC3(CC2)c2nc[nH]c2CCN3CC(C)C)o1. The van der Waals surface area contributed by atoms with E-state index in [2.05, 4.69) is 23.7 Å². The van der Waals surface area contributed by atoms with Crippen molar-refractivity contribution in [3.8, 4) is 5.95 Å². The third kappa shape index (κ3) is 3.14. The van der Waals surface area contributed by atoms with Crippen LogP contribution < -0.4 is 4.74 Å². The number of imidazole rings is 1. The maximum absolute atomic E-state index is 12.8. The standard InChI is InChI=1S/C20H28N4O3/c1-14(2)12-24-9-6-15-18(22-13-21-15)20(24)7-10-23(11-8-20)19(25)16-4-5-17(26-3)27-16/h4-5,13-14H,6-12H2,1-3H3,(H,21,22). The molecule has 2 aromatic heterocycles. The topological polar surface area (TPSA) is 74.6 Å². The number of carbonyl (C=O) groups is 1. The monoisotopic (exact) mass is 372 g/mol. The Morgan fingerprint density at radius 2 is 2.11 bits per heavy atom. The third-order valence-electron chi connectivity index (χ3n) is 5.85. The molecule has 1 spiro atoms. The van der Waals surface area contributed by atoms with Crippen LogP contribution >= 0.6 is 0 Å². The molecule has 1 fully saturated rings. The number of aromatic amines is 1. The fourth-order valence-corrected chi connectivity index (χ4v) is 4.56. The molecule has 0 aromatic carbocycles. The maximum atomic E-state index is 12.8. The minimum atomic E-state index is -0.0739. The molecule has 0 aliphatic carbocycles. The van der Waals surface area contributed by atoms with Gasteiger partial charge < -0.3 is 19.0 Å². The number of carbonyl (C=O) groups excluding carboxylic acids is 1. The zero-order chi connectivity index (χ0) is 19.0. The molecule has 7 heteroatoms. The van der Waals surface area contributed by atoms with Gasteiger partial charge in [0.1, 0.15) is 0 Å². The van der Waals surface area contributed by atoms with Gasteiger partial charge in [0, 0.05) is 44.4 Å². The first-order valence-electron chi connectivity index (χ1n) is 9.74. The molecular formula is C20H28N4O3. The van der Waals surface area contributed by atoms with Gasteiger partial charge in [0.25, 0.3) is 11.9 Å². The summed E-state index contributed by atoms with van der Waals surface area (Å²) >= 11 is 0. The van der Waals surface area contributed by atoms with Gasteiger partial charge in [-0.05, 0) is 24.8 Å². The van der Waals surface area contributed by atoms with Gasteiger partial charge in [-0.2, -0.15) is 0 Å². The predicted octanol–water partition coefficient (Wildman–Crippen LogP) is 2.66. The lowest BCUT2D eigenvalue weighted by Crippen LogP contribution is -2.57. The zero-order valence-electron chi connectivity index (χ0n) is 16.3. The molecular weight excluding hydrogens is 344 g/mol. The largest absolute Gasteiger partial charge is 0.468 e. The molecule has 4 heterocycles. The number of nitrogens with zero attached hydrogens (tertiary/aromatic N) is 3. The Kier molecular flexibility index (Phi) is 4.72. The van der Waals surface area contributed by atoms with Gasteiger partial charge in [-0.15, -0.1) is 0 Å². The molecule has 0 unspecified atom stereocenters. The number of rotatable bonds is 4. The van der Waals surface area contributed by atoms with Crippen LogP contribution in [0.3, 0.4) is 0 Å². The Balaban J connectivity index is 1.54. The molecule has 0 radical (unpaired) electrons. The number of aromatic nitrogens is 2. The van der Waals surface area contributed by atoms with Gasteiger partial charge in [0.15, 0.2) is 5.76 Å². The molecule has 2 aliphatic heterocycles. The van der Waals surface area contributed by atoms with E-state index in [1.54, 1.807) is 12.1 Å². The average molecular weight is 372 g/mol. The summed E-state index contributed by atoms with van der Waals surface area (Å²) in [4.78, 5) is 25.3. The fraction of sp³-hybridized carbons (Fsp3) is 0.600. The maximum Gasteiger partial charge on any atom is 0.289 e. The summed E-state index contributed by atoms with van der Waals surface area (Å²) in [5.74, 6) is 1.23. The molecule has 146 valence electrons. The number of fused-ring (bicyclic) bond motifs is 2. The van der Waals surface area contributed by atoms with Gasteiger partial charge in [0.2, 0.25) is 0 Å². The minimum absolute atomic E-state index is 0.0679. The minimum Gasteiger partial charge on any atom is -0.468 e.